The number of aromatic nitrogens is 4. The van der Waals surface area contributed by atoms with Gasteiger partial charge in [0.15, 0.2) is 5.82 Å². The van der Waals surface area contributed by atoms with Crippen molar-refractivity contribution in [2.75, 3.05) is 0 Å². The summed E-state index contributed by atoms with van der Waals surface area (Å²) in [5, 5.41) is 14.1. The van der Waals surface area contributed by atoms with Gasteiger partial charge in [0.25, 0.3) is 0 Å². The molecule has 0 spiro atoms. The van der Waals surface area contributed by atoms with Gasteiger partial charge >= 0.3 is 5.97 Å². The molecule has 0 fully saturated rings. The molecule has 0 radical (unpaired) electrons. The van der Waals surface area contributed by atoms with E-state index in [-0.39, 0.29) is 5.56 Å². The minimum Gasteiger partial charge on any atom is -0.478 e. The summed E-state index contributed by atoms with van der Waals surface area (Å²) >= 11 is 0. The van der Waals surface area contributed by atoms with Gasteiger partial charge in [-0.15, -0.1) is 0 Å². The summed E-state index contributed by atoms with van der Waals surface area (Å²) in [6.07, 6.45) is 4.48. The highest BCUT2D eigenvalue weighted by Gasteiger charge is 2.13. The van der Waals surface area contributed by atoms with E-state index in [0.29, 0.717) is 18.0 Å². The average molecular weight is 378 g/mol. The molecule has 0 aliphatic heterocycles. The fourth-order valence-electron chi connectivity index (χ4n) is 3.17. The molecule has 2 aromatic heterocycles. The van der Waals surface area contributed by atoms with Gasteiger partial charge in [-0.05, 0) is 30.0 Å². The number of hydrogen-bond acceptors (Lipinski definition) is 4. The van der Waals surface area contributed by atoms with Crippen LogP contribution in [0.25, 0.3) is 11.1 Å². The van der Waals surface area contributed by atoms with Crippen LogP contribution in [0.3, 0.4) is 0 Å². The first-order chi connectivity index (χ1) is 13.5. The van der Waals surface area contributed by atoms with Gasteiger partial charge in [0, 0.05) is 24.6 Å². The van der Waals surface area contributed by atoms with E-state index in [4.69, 9.17) is 4.98 Å². The standard InChI is InChI=1S/C22H26N4O2/c1-4-7-21-24-20(12-15(2)3)25-26(21)14-17-11-10-16(13-23-17)18-8-5-6-9-19(18)22(27)28/h5-6,8-11,13,15H,4,7,12,14H2,1-3H3,(H,27,28). The normalized spacial score (nSPS) is 11.1. The SMILES string of the molecule is CCCc1nc(CC(C)C)nn1Cc1ccc(-c2ccccc2C(=O)O)cn1. The van der Waals surface area contributed by atoms with Crippen LogP contribution in [0.4, 0.5) is 0 Å². The van der Waals surface area contributed by atoms with E-state index < -0.39 is 5.97 Å². The van der Waals surface area contributed by atoms with Crippen LogP contribution >= 0.6 is 0 Å². The van der Waals surface area contributed by atoms with Gasteiger partial charge < -0.3 is 5.11 Å². The molecule has 0 amide bonds. The summed E-state index contributed by atoms with van der Waals surface area (Å²) < 4.78 is 1.94. The average Bonchev–Trinajstić information content (AvgIpc) is 3.03. The van der Waals surface area contributed by atoms with E-state index in [1.807, 2.05) is 22.9 Å². The quantitative estimate of drug-likeness (QED) is 0.634. The van der Waals surface area contributed by atoms with Crippen LogP contribution in [-0.4, -0.2) is 30.8 Å². The third-order valence-corrected chi connectivity index (χ3v) is 4.46. The molecule has 0 bridgehead atoms. The molecule has 0 unspecified atom stereocenters. The first-order valence-corrected chi connectivity index (χ1v) is 9.68. The fraction of sp³-hybridized carbons (Fsp3) is 0.364. The van der Waals surface area contributed by atoms with Gasteiger partial charge in [-0.1, -0.05) is 45.0 Å². The summed E-state index contributed by atoms with van der Waals surface area (Å²) in [6.45, 7) is 7.01. The Labute approximate surface area is 165 Å². The number of rotatable bonds is 8. The van der Waals surface area contributed by atoms with E-state index in [1.54, 1.807) is 24.4 Å². The summed E-state index contributed by atoms with van der Waals surface area (Å²) in [4.78, 5) is 20.7. The van der Waals surface area contributed by atoms with E-state index in [9.17, 15) is 9.90 Å². The smallest absolute Gasteiger partial charge is 0.336 e. The van der Waals surface area contributed by atoms with Gasteiger partial charge in [0.1, 0.15) is 5.82 Å². The monoisotopic (exact) mass is 378 g/mol. The molecule has 1 N–H and O–H groups in total. The van der Waals surface area contributed by atoms with Crippen LogP contribution in [0.15, 0.2) is 42.6 Å². The Bertz CT molecular complexity index is 945. The van der Waals surface area contributed by atoms with Crippen molar-refractivity contribution < 1.29 is 9.90 Å². The van der Waals surface area contributed by atoms with Crippen molar-refractivity contribution in [1.82, 2.24) is 19.7 Å². The zero-order valence-corrected chi connectivity index (χ0v) is 16.6. The highest BCUT2D eigenvalue weighted by atomic mass is 16.4. The number of pyridine rings is 1. The Morgan fingerprint density at radius 3 is 2.61 bits per heavy atom. The minimum absolute atomic E-state index is 0.275. The van der Waals surface area contributed by atoms with Crippen LogP contribution < -0.4 is 0 Å². The van der Waals surface area contributed by atoms with Crippen molar-refractivity contribution in [3.63, 3.8) is 0 Å². The molecule has 146 valence electrons. The molecular weight excluding hydrogens is 352 g/mol. The minimum atomic E-state index is -0.941. The third-order valence-electron chi connectivity index (χ3n) is 4.46. The molecule has 1 aromatic carbocycles. The molecule has 3 aromatic rings. The van der Waals surface area contributed by atoms with E-state index in [1.165, 1.54) is 0 Å². The van der Waals surface area contributed by atoms with Crippen molar-refractivity contribution in [1.29, 1.82) is 0 Å². The van der Waals surface area contributed by atoms with Gasteiger partial charge in [-0.3, -0.25) is 4.98 Å². The lowest BCUT2D eigenvalue weighted by Crippen LogP contribution is -2.08. The molecular formula is C22H26N4O2. The van der Waals surface area contributed by atoms with Crippen molar-refractivity contribution in [3.05, 3.63) is 65.5 Å². The number of carboxylic acids is 1. The van der Waals surface area contributed by atoms with Gasteiger partial charge in [-0.25, -0.2) is 14.5 Å². The lowest BCUT2D eigenvalue weighted by Gasteiger charge is -2.08. The molecule has 0 aliphatic rings. The Hall–Kier alpha value is -3.02. The third kappa shape index (κ3) is 4.63. The molecule has 0 saturated carbocycles. The number of carboxylic acid groups (broad SMARTS) is 1. The Kier molecular flexibility index (Phi) is 6.19. The summed E-state index contributed by atoms with van der Waals surface area (Å²) in [5.41, 5.74) is 2.60. The van der Waals surface area contributed by atoms with E-state index in [2.05, 4.69) is 30.9 Å². The molecule has 3 rings (SSSR count). The highest BCUT2D eigenvalue weighted by Crippen LogP contribution is 2.23. The van der Waals surface area contributed by atoms with Crippen molar-refractivity contribution in [3.8, 4) is 11.1 Å². The molecule has 28 heavy (non-hydrogen) atoms. The summed E-state index contributed by atoms with van der Waals surface area (Å²) in [5.74, 6) is 1.44. The van der Waals surface area contributed by atoms with E-state index in [0.717, 1.165) is 42.2 Å². The van der Waals surface area contributed by atoms with Crippen LogP contribution in [0.5, 0.6) is 0 Å². The molecule has 0 atom stereocenters. The summed E-state index contributed by atoms with van der Waals surface area (Å²) in [7, 11) is 0. The van der Waals surface area contributed by atoms with E-state index >= 15 is 0 Å². The van der Waals surface area contributed by atoms with Crippen molar-refractivity contribution in [2.24, 2.45) is 5.92 Å². The van der Waals surface area contributed by atoms with Gasteiger partial charge in [-0.2, -0.15) is 5.10 Å². The highest BCUT2D eigenvalue weighted by molar-refractivity contribution is 5.95. The predicted molar refractivity (Wildman–Crippen MR) is 108 cm³/mol. The Morgan fingerprint density at radius 2 is 1.96 bits per heavy atom. The number of hydrogen-bond donors (Lipinski definition) is 1. The fourth-order valence-corrected chi connectivity index (χ4v) is 3.17. The zero-order valence-electron chi connectivity index (χ0n) is 16.6. The number of carbonyl (C=O) groups is 1. The lowest BCUT2D eigenvalue weighted by molar-refractivity contribution is 0.0697. The Balaban J connectivity index is 1.83. The second-order valence-corrected chi connectivity index (χ2v) is 7.34. The maximum atomic E-state index is 11.4. The first kappa shape index (κ1) is 19.7. The molecule has 0 saturated heterocycles. The first-order valence-electron chi connectivity index (χ1n) is 9.68. The molecule has 6 heteroatoms. The predicted octanol–water partition coefficient (Wildman–Crippen LogP) is 4.24. The maximum Gasteiger partial charge on any atom is 0.336 e. The van der Waals surface area contributed by atoms with Crippen LogP contribution in [0.1, 0.15) is 54.9 Å². The van der Waals surface area contributed by atoms with Crippen LogP contribution in [-0.2, 0) is 19.4 Å². The number of benzene rings is 1. The largest absolute Gasteiger partial charge is 0.478 e. The second-order valence-electron chi connectivity index (χ2n) is 7.34. The van der Waals surface area contributed by atoms with Gasteiger partial charge in [0.2, 0.25) is 0 Å². The van der Waals surface area contributed by atoms with Crippen LogP contribution in [0, 0.1) is 5.92 Å². The zero-order chi connectivity index (χ0) is 20.1. The van der Waals surface area contributed by atoms with Crippen molar-refractivity contribution >= 4 is 5.97 Å². The van der Waals surface area contributed by atoms with Gasteiger partial charge in [0.05, 0.1) is 17.8 Å². The number of aryl methyl sites for hydroxylation is 1. The lowest BCUT2D eigenvalue weighted by atomic mass is 10.0. The number of nitrogens with zero attached hydrogens (tertiary/aromatic N) is 4. The van der Waals surface area contributed by atoms with Crippen LogP contribution in [0.2, 0.25) is 0 Å². The topological polar surface area (TPSA) is 80.9 Å². The molecule has 0 aliphatic carbocycles. The second kappa shape index (κ2) is 8.78. The molecule has 2 heterocycles. The Morgan fingerprint density at radius 1 is 1.18 bits per heavy atom. The van der Waals surface area contributed by atoms with Crippen molar-refractivity contribution in [2.45, 2.75) is 46.6 Å². The molecule has 6 nitrogen and oxygen atoms in total. The maximum absolute atomic E-state index is 11.4. The number of aromatic carboxylic acids is 1. The summed E-state index contributed by atoms with van der Waals surface area (Å²) in [6, 6.07) is 10.8.